The molecule has 0 amide bonds. The molecule has 0 spiro atoms. The predicted molar refractivity (Wildman–Crippen MR) is 76.2 cm³/mol. The molecule has 0 radical (unpaired) electrons. The van der Waals surface area contributed by atoms with Gasteiger partial charge in [-0.05, 0) is 56.9 Å². The summed E-state index contributed by atoms with van der Waals surface area (Å²) in [7, 11) is 0. The van der Waals surface area contributed by atoms with Crippen LogP contribution in [-0.2, 0) is 0 Å². The standard InChI is InChI=1S/C15H21FN2O/c1-10-6-7-14(16)15(9-10)19-8-4-5-13(11(2)17)12(3)18/h6-7,9,17H,4-5,8,18H2,1-3H3/b13-12-,17-11?. The average molecular weight is 264 g/mol. The van der Waals surface area contributed by atoms with Crippen molar-refractivity contribution in [3.05, 3.63) is 40.8 Å². The van der Waals surface area contributed by atoms with Crippen molar-refractivity contribution in [2.45, 2.75) is 33.6 Å². The van der Waals surface area contributed by atoms with Crippen LogP contribution in [0.25, 0.3) is 0 Å². The van der Waals surface area contributed by atoms with Crippen molar-refractivity contribution in [3.63, 3.8) is 0 Å². The summed E-state index contributed by atoms with van der Waals surface area (Å²) in [6.07, 6.45) is 1.37. The molecule has 0 unspecified atom stereocenters. The summed E-state index contributed by atoms with van der Waals surface area (Å²) >= 11 is 0. The number of nitrogens with one attached hydrogen (secondary N) is 1. The highest BCUT2D eigenvalue weighted by molar-refractivity contribution is 5.96. The lowest BCUT2D eigenvalue weighted by Crippen LogP contribution is -2.08. The van der Waals surface area contributed by atoms with Crippen LogP contribution >= 0.6 is 0 Å². The smallest absolute Gasteiger partial charge is 0.165 e. The number of hydrogen-bond donors (Lipinski definition) is 2. The Morgan fingerprint density at radius 2 is 2.05 bits per heavy atom. The quantitative estimate of drug-likeness (QED) is 0.609. The Hall–Kier alpha value is -1.84. The molecule has 1 rings (SSSR count). The molecule has 19 heavy (non-hydrogen) atoms. The molecule has 0 aliphatic rings. The summed E-state index contributed by atoms with van der Waals surface area (Å²) in [5, 5.41) is 7.61. The summed E-state index contributed by atoms with van der Waals surface area (Å²) < 4.78 is 18.8. The number of benzene rings is 1. The SMILES string of the molecule is CC(=N)/C(CCCOc1cc(C)ccc1F)=C(/C)N. The van der Waals surface area contributed by atoms with E-state index in [1.54, 1.807) is 26.0 Å². The third kappa shape index (κ3) is 4.73. The molecule has 0 atom stereocenters. The minimum absolute atomic E-state index is 0.279. The second-order valence-corrected chi connectivity index (χ2v) is 4.67. The fourth-order valence-corrected chi connectivity index (χ4v) is 1.83. The van der Waals surface area contributed by atoms with Gasteiger partial charge in [0.05, 0.1) is 6.61 Å². The van der Waals surface area contributed by atoms with Gasteiger partial charge in [0.25, 0.3) is 0 Å². The van der Waals surface area contributed by atoms with Crippen molar-refractivity contribution < 1.29 is 9.13 Å². The summed E-state index contributed by atoms with van der Waals surface area (Å²) in [5.41, 5.74) is 8.65. The molecule has 3 N–H and O–H groups in total. The summed E-state index contributed by atoms with van der Waals surface area (Å²) in [5.74, 6) is -0.0684. The van der Waals surface area contributed by atoms with Crippen molar-refractivity contribution in [3.8, 4) is 5.75 Å². The largest absolute Gasteiger partial charge is 0.490 e. The van der Waals surface area contributed by atoms with E-state index in [1.165, 1.54) is 6.07 Å². The van der Waals surface area contributed by atoms with Gasteiger partial charge in [-0.15, -0.1) is 0 Å². The van der Waals surface area contributed by atoms with Crippen molar-refractivity contribution >= 4 is 5.71 Å². The van der Waals surface area contributed by atoms with Crippen molar-refractivity contribution in [2.24, 2.45) is 5.73 Å². The highest BCUT2D eigenvalue weighted by atomic mass is 19.1. The first-order valence-corrected chi connectivity index (χ1v) is 6.31. The van der Waals surface area contributed by atoms with Gasteiger partial charge in [-0.1, -0.05) is 6.07 Å². The van der Waals surface area contributed by atoms with E-state index in [0.717, 1.165) is 11.1 Å². The third-order valence-corrected chi connectivity index (χ3v) is 2.84. The monoisotopic (exact) mass is 264 g/mol. The van der Waals surface area contributed by atoms with Crippen LogP contribution in [0.1, 0.15) is 32.3 Å². The van der Waals surface area contributed by atoms with Gasteiger partial charge in [-0.25, -0.2) is 4.39 Å². The number of halogens is 1. The van der Waals surface area contributed by atoms with Gasteiger partial charge >= 0.3 is 0 Å². The van der Waals surface area contributed by atoms with Gasteiger partial charge in [-0.3, -0.25) is 0 Å². The van der Waals surface area contributed by atoms with Crippen LogP contribution in [0.5, 0.6) is 5.75 Å². The van der Waals surface area contributed by atoms with Crippen LogP contribution in [0.3, 0.4) is 0 Å². The molecule has 0 aliphatic heterocycles. The average Bonchev–Trinajstić information content (AvgIpc) is 2.32. The highest BCUT2D eigenvalue weighted by Crippen LogP contribution is 2.19. The maximum atomic E-state index is 13.4. The molecule has 0 fully saturated rings. The molecule has 0 saturated carbocycles. The number of aryl methyl sites for hydroxylation is 1. The zero-order valence-corrected chi connectivity index (χ0v) is 11.7. The van der Waals surface area contributed by atoms with E-state index in [2.05, 4.69) is 0 Å². The predicted octanol–water partition coefficient (Wildman–Crippen LogP) is 3.57. The second-order valence-electron chi connectivity index (χ2n) is 4.67. The van der Waals surface area contributed by atoms with E-state index < -0.39 is 0 Å². The molecule has 0 saturated heterocycles. The Balaban J connectivity index is 2.49. The Morgan fingerprint density at radius 3 is 2.63 bits per heavy atom. The first-order chi connectivity index (χ1) is 8.91. The molecule has 0 aromatic heterocycles. The first-order valence-electron chi connectivity index (χ1n) is 6.31. The van der Waals surface area contributed by atoms with Gasteiger partial charge in [0.1, 0.15) is 0 Å². The summed E-state index contributed by atoms with van der Waals surface area (Å²) in [6.45, 7) is 5.80. The lowest BCUT2D eigenvalue weighted by Gasteiger charge is -2.10. The van der Waals surface area contributed by atoms with Crippen molar-refractivity contribution in [1.82, 2.24) is 0 Å². The number of rotatable bonds is 6. The van der Waals surface area contributed by atoms with Crippen LogP contribution in [-0.4, -0.2) is 12.3 Å². The van der Waals surface area contributed by atoms with E-state index in [9.17, 15) is 4.39 Å². The molecule has 0 bridgehead atoms. The molecule has 1 aromatic rings. The topological polar surface area (TPSA) is 59.1 Å². The van der Waals surface area contributed by atoms with Gasteiger partial charge in [0.15, 0.2) is 11.6 Å². The van der Waals surface area contributed by atoms with Crippen LogP contribution in [0, 0.1) is 18.2 Å². The van der Waals surface area contributed by atoms with Crippen molar-refractivity contribution in [1.29, 1.82) is 5.41 Å². The van der Waals surface area contributed by atoms with Gasteiger partial charge in [0.2, 0.25) is 0 Å². The number of ether oxygens (including phenoxy) is 1. The van der Waals surface area contributed by atoms with E-state index >= 15 is 0 Å². The first kappa shape index (κ1) is 15.2. The molecular formula is C15H21FN2O. The lowest BCUT2D eigenvalue weighted by atomic mass is 10.0. The maximum Gasteiger partial charge on any atom is 0.165 e. The fraction of sp³-hybridized carbons (Fsp3) is 0.400. The lowest BCUT2D eigenvalue weighted by molar-refractivity contribution is 0.296. The minimum atomic E-state index is -0.348. The maximum absolute atomic E-state index is 13.4. The number of hydrogen-bond acceptors (Lipinski definition) is 3. The van der Waals surface area contributed by atoms with Crippen LogP contribution < -0.4 is 10.5 Å². The van der Waals surface area contributed by atoms with Crippen LogP contribution in [0.15, 0.2) is 29.5 Å². The number of allylic oxidation sites excluding steroid dienone is 2. The highest BCUT2D eigenvalue weighted by Gasteiger charge is 2.06. The Labute approximate surface area is 113 Å². The zero-order chi connectivity index (χ0) is 14.4. The summed E-state index contributed by atoms with van der Waals surface area (Å²) in [4.78, 5) is 0. The fourth-order valence-electron chi connectivity index (χ4n) is 1.83. The normalized spacial score (nSPS) is 12.0. The molecule has 1 aromatic carbocycles. The van der Waals surface area contributed by atoms with E-state index in [1.807, 2.05) is 6.92 Å². The van der Waals surface area contributed by atoms with E-state index in [0.29, 0.717) is 30.9 Å². The third-order valence-electron chi connectivity index (χ3n) is 2.84. The van der Waals surface area contributed by atoms with Crippen LogP contribution in [0.2, 0.25) is 0 Å². The second kappa shape index (κ2) is 6.92. The number of nitrogens with two attached hydrogens (primary N) is 1. The molecule has 3 nitrogen and oxygen atoms in total. The molecule has 0 heterocycles. The van der Waals surface area contributed by atoms with Crippen molar-refractivity contribution in [2.75, 3.05) is 6.61 Å². The van der Waals surface area contributed by atoms with Crippen LogP contribution in [0.4, 0.5) is 4.39 Å². The van der Waals surface area contributed by atoms with E-state index in [-0.39, 0.29) is 11.6 Å². The Morgan fingerprint density at radius 1 is 1.37 bits per heavy atom. The molecule has 104 valence electrons. The molecular weight excluding hydrogens is 243 g/mol. The Kier molecular flexibility index (Phi) is 5.55. The van der Waals surface area contributed by atoms with E-state index in [4.69, 9.17) is 15.9 Å². The van der Waals surface area contributed by atoms with Gasteiger partial charge in [0, 0.05) is 11.4 Å². The minimum Gasteiger partial charge on any atom is -0.490 e. The zero-order valence-electron chi connectivity index (χ0n) is 11.7. The molecule has 0 aliphatic carbocycles. The van der Waals surface area contributed by atoms with Gasteiger partial charge in [-0.2, -0.15) is 0 Å². The summed E-state index contributed by atoms with van der Waals surface area (Å²) in [6, 6.07) is 4.79. The van der Waals surface area contributed by atoms with Gasteiger partial charge < -0.3 is 15.9 Å². The molecule has 4 heteroatoms. The Bertz CT molecular complexity index is 491.